The predicted molar refractivity (Wildman–Crippen MR) is 92.5 cm³/mol. The van der Waals surface area contributed by atoms with Crippen molar-refractivity contribution in [3.05, 3.63) is 47.4 Å². The van der Waals surface area contributed by atoms with Crippen LogP contribution in [0, 0.1) is 12.7 Å². The number of benzene rings is 1. The van der Waals surface area contributed by atoms with Gasteiger partial charge in [0.2, 0.25) is 5.91 Å². The lowest BCUT2D eigenvalue weighted by atomic mass is 10.1. The average Bonchev–Trinajstić information content (AvgIpc) is 2.75. The van der Waals surface area contributed by atoms with Gasteiger partial charge in [0, 0.05) is 22.5 Å². The highest BCUT2D eigenvalue weighted by atomic mass is 19.1. The van der Waals surface area contributed by atoms with Crippen LogP contribution in [0.5, 0.6) is 0 Å². The Morgan fingerprint density at radius 3 is 2.25 bits per heavy atom. The van der Waals surface area contributed by atoms with E-state index in [1.807, 2.05) is 27.7 Å². The van der Waals surface area contributed by atoms with Crippen LogP contribution < -0.4 is 5.32 Å². The molecule has 0 bridgehead atoms. The quantitative estimate of drug-likeness (QED) is 0.869. The van der Waals surface area contributed by atoms with Gasteiger partial charge in [0.15, 0.2) is 5.78 Å². The molecule has 0 atom stereocenters. The Morgan fingerprint density at radius 1 is 1.17 bits per heavy atom. The minimum Gasteiger partial charge on any atom is -0.350 e. The fraction of sp³-hybridized carbons (Fsp3) is 0.368. The van der Waals surface area contributed by atoms with Crippen molar-refractivity contribution >= 4 is 11.7 Å². The van der Waals surface area contributed by atoms with Gasteiger partial charge in [-0.25, -0.2) is 4.39 Å². The first-order chi connectivity index (χ1) is 11.1. The third-order valence-corrected chi connectivity index (χ3v) is 3.70. The smallest absolute Gasteiger partial charge is 0.240 e. The lowest BCUT2D eigenvalue weighted by molar-refractivity contribution is -0.123. The number of nitrogens with one attached hydrogen (secondary N) is 1. The molecule has 1 aromatic carbocycles. The maximum absolute atomic E-state index is 13.2. The Labute approximate surface area is 141 Å². The molecular formula is C19H23FN2O2. The summed E-state index contributed by atoms with van der Waals surface area (Å²) in [5.41, 5.74) is 2.44. The predicted octanol–water partition coefficient (Wildman–Crippen LogP) is 3.72. The molecule has 128 valence electrons. The number of hydrogen-bond donors (Lipinski definition) is 1. The topological polar surface area (TPSA) is 51.1 Å². The molecule has 0 saturated carbocycles. The Balaban J connectivity index is 2.46. The van der Waals surface area contributed by atoms with E-state index < -0.39 is 0 Å². The van der Waals surface area contributed by atoms with Crippen molar-refractivity contribution in [3.63, 3.8) is 0 Å². The van der Waals surface area contributed by atoms with Gasteiger partial charge in [-0.3, -0.25) is 9.59 Å². The first-order valence-corrected chi connectivity index (χ1v) is 7.86. The van der Waals surface area contributed by atoms with Crippen LogP contribution >= 0.6 is 0 Å². The summed E-state index contributed by atoms with van der Waals surface area (Å²) < 4.78 is 15.0. The molecule has 0 aliphatic rings. The van der Waals surface area contributed by atoms with Gasteiger partial charge in [-0.2, -0.15) is 0 Å². The molecule has 0 fully saturated rings. The Hall–Kier alpha value is -2.43. The van der Waals surface area contributed by atoms with E-state index in [1.165, 1.54) is 19.1 Å². The monoisotopic (exact) mass is 330 g/mol. The fourth-order valence-corrected chi connectivity index (χ4v) is 2.67. The highest BCUT2D eigenvalue weighted by molar-refractivity contribution is 5.97. The minimum atomic E-state index is -0.336. The number of aromatic nitrogens is 1. The van der Waals surface area contributed by atoms with Crippen molar-refractivity contribution in [2.45, 2.75) is 46.7 Å². The molecule has 0 radical (unpaired) electrons. The number of hydrogen-bond acceptors (Lipinski definition) is 2. The minimum absolute atomic E-state index is 0.0640. The Bertz CT molecular complexity index is 768. The van der Waals surface area contributed by atoms with Gasteiger partial charge in [0.25, 0.3) is 0 Å². The second kappa shape index (κ2) is 6.59. The van der Waals surface area contributed by atoms with Gasteiger partial charge in [-0.15, -0.1) is 0 Å². The molecule has 2 rings (SSSR count). The number of carbonyl (C=O) groups excluding carboxylic acids is 2. The van der Waals surface area contributed by atoms with E-state index in [2.05, 4.69) is 5.32 Å². The van der Waals surface area contributed by atoms with Gasteiger partial charge in [-0.05, 0) is 70.5 Å². The van der Waals surface area contributed by atoms with E-state index in [0.717, 1.165) is 17.0 Å². The second-order valence-corrected chi connectivity index (χ2v) is 6.98. The Morgan fingerprint density at radius 2 is 1.75 bits per heavy atom. The lowest BCUT2D eigenvalue weighted by Crippen LogP contribution is -2.42. The second-order valence-electron chi connectivity index (χ2n) is 6.98. The third-order valence-electron chi connectivity index (χ3n) is 3.70. The standard InChI is InChI=1S/C19H23FN2O2/c1-12-16(13(2)23)10-17(14-6-8-15(20)9-7-14)22(12)11-18(24)21-19(3,4)5/h6-10H,11H2,1-5H3,(H,21,24). The normalized spacial score (nSPS) is 11.4. The molecule has 1 heterocycles. The summed E-state index contributed by atoms with van der Waals surface area (Å²) in [5.74, 6) is -0.531. The fourth-order valence-electron chi connectivity index (χ4n) is 2.67. The molecule has 0 unspecified atom stereocenters. The number of ketones is 1. The highest BCUT2D eigenvalue weighted by Crippen LogP contribution is 2.26. The average molecular weight is 330 g/mol. The molecule has 0 aliphatic carbocycles. The van der Waals surface area contributed by atoms with Crippen LogP contribution in [0.4, 0.5) is 4.39 Å². The first kappa shape index (κ1) is 17.9. The molecule has 1 aromatic heterocycles. The van der Waals surface area contributed by atoms with Crippen molar-refractivity contribution < 1.29 is 14.0 Å². The summed E-state index contributed by atoms with van der Waals surface area (Å²) in [6, 6.07) is 7.78. The van der Waals surface area contributed by atoms with Gasteiger partial charge in [0.05, 0.1) is 0 Å². The Kier molecular flexibility index (Phi) is 4.92. The number of amides is 1. The lowest BCUT2D eigenvalue weighted by Gasteiger charge is -2.21. The SMILES string of the molecule is CC(=O)c1cc(-c2ccc(F)cc2)n(CC(=O)NC(C)(C)C)c1C. The van der Waals surface area contributed by atoms with Crippen LogP contribution in [0.25, 0.3) is 11.3 Å². The zero-order valence-corrected chi connectivity index (χ0v) is 14.7. The van der Waals surface area contributed by atoms with Crippen molar-refractivity contribution in [1.82, 2.24) is 9.88 Å². The molecule has 1 N–H and O–H groups in total. The van der Waals surface area contributed by atoms with E-state index in [4.69, 9.17) is 0 Å². The van der Waals surface area contributed by atoms with E-state index in [-0.39, 0.29) is 29.6 Å². The molecule has 2 aromatic rings. The van der Waals surface area contributed by atoms with E-state index >= 15 is 0 Å². The molecule has 0 spiro atoms. The van der Waals surface area contributed by atoms with Gasteiger partial charge >= 0.3 is 0 Å². The van der Waals surface area contributed by atoms with Crippen molar-refractivity contribution in [3.8, 4) is 11.3 Å². The zero-order valence-electron chi connectivity index (χ0n) is 14.7. The molecule has 24 heavy (non-hydrogen) atoms. The summed E-state index contributed by atoms with van der Waals surface area (Å²) in [6.45, 7) is 9.15. The van der Waals surface area contributed by atoms with E-state index in [1.54, 1.807) is 22.8 Å². The maximum Gasteiger partial charge on any atom is 0.240 e. The van der Waals surface area contributed by atoms with Crippen LogP contribution in [-0.2, 0) is 11.3 Å². The van der Waals surface area contributed by atoms with Crippen LogP contribution in [-0.4, -0.2) is 21.8 Å². The van der Waals surface area contributed by atoms with E-state index in [0.29, 0.717) is 5.56 Å². The molecule has 1 amide bonds. The summed E-state index contributed by atoms with van der Waals surface area (Å²) in [7, 11) is 0. The van der Waals surface area contributed by atoms with Crippen LogP contribution in [0.1, 0.15) is 43.7 Å². The van der Waals surface area contributed by atoms with Crippen molar-refractivity contribution in [2.24, 2.45) is 0 Å². The van der Waals surface area contributed by atoms with E-state index in [9.17, 15) is 14.0 Å². The molecule has 5 heteroatoms. The van der Waals surface area contributed by atoms with Crippen LogP contribution in [0.2, 0.25) is 0 Å². The summed E-state index contributed by atoms with van der Waals surface area (Å²) in [4.78, 5) is 24.2. The summed E-state index contributed by atoms with van der Waals surface area (Å²) in [5, 5.41) is 2.92. The highest BCUT2D eigenvalue weighted by Gasteiger charge is 2.20. The number of Topliss-reactive ketones (excluding diaryl/α,β-unsaturated/α-hetero) is 1. The van der Waals surface area contributed by atoms with Crippen LogP contribution in [0.3, 0.4) is 0 Å². The van der Waals surface area contributed by atoms with Crippen molar-refractivity contribution in [2.75, 3.05) is 0 Å². The van der Waals surface area contributed by atoms with Gasteiger partial charge in [-0.1, -0.05) is 0 Å². The third kappa shape index (κ3) is 4.10. The zero-order chi connectivity index (χ0) is 18.1. The first-order valence-electron chi connectivity index (χ1n) is 7.86. The summed E-state index contributed by atoms with van der Waals surface area (Å²) in [6.07, 6.45) is 0. The number of rotatable bonds is 4. The summed E-state index contributed by atoms with van der Waals surface area (Å²) >= 11 is 0. The number of halogens is 1. The number of carbonyl (C=O) groups is 2. The van der Waals surface area contributed by atoms with Gasteiger partial charge in [0.1, 0.15) is 12.4 Å². The molecule has 4 nitrogen and oxygen atoms in total. The number of nitrogens with zero attached hydrogens (tertiary/aromatic N) is 1. The largest absolute Gasteiger partial charge is 0.350 e. The molecular weight excluding hydrogens is 307 g/mol. The van der Waals surface area contributed by atoms with Crippen LogP contribution in [0.15, 0.2) is 30.3 Å². The van der Waals surface area contributed by atoms with Gasteiger partial charge < -0.3 is 9.88 Å². The maximum atomic E-state index is 13.2. The molecule has 0 saturated heterocycles. The van der Waals surface area contributed by atoms with Crippen molar-refractivity contribution in [1.29, 1.82) is 0 Å². The molecule has 0 aliphatic heterocycles.